The van der Waals surface area contributed by atoms with Crippen LogP contribution < -0.4 is 5.32 Å². The van der Waals surface area contributed by atoms with E-state index in [0.29, 0.717) is 5.56 Å². The van der Waals surface area contributed by atoms with E-state index in [1.165, 1.54) is 17.6 Å². The van der Waals surface area contributed by atoms with Crippen molar-refractivity contribution in [3.63, 3.8) is 0 Å². The van der Waals surface area contributed by atoms with Gasteiger partial charge in [0, 0.05) is 11.0 Å². The molecule has 2 aromatic rings. The van der Waals surface area contributed by atoms with Gasteiger partial charge in [0.25, 0.3) is 0 Å². The standard InChI is InChI=1S/C16H22FN3S/c1-5-10-18-13(11-8-6-7-9-12(11)17)14-15(16(2,3)4)19-20-21-14/h6-9,13,18H,5,10H2,1-4H3. The maximum absolute atomic E-state index is 14.2. The molecule has 0 saturated carbocycles. The molecule has 1 aromatic heterocycles. The molecule has 0 aliphatic rings. The molecular weight excluding hydrogens is 285 g/mol. The number of nitrogens with one attached hydrogen (secondary N) is 1. The van der Waals surface area contributed by atoms with Crippen molar-refractivity contribution in [3.8, 4) is 0 Å². The summed E-state index contributed by atoms with van der Waals surface area (Å²) in [4.78, 5) is 1.00. The smallest absolute Gasteiger partial charge is 0.128 e. The van der Waals surface area contributed by atoms with Crippen molar-refractivity contribution in [3.05, 3.63) is 46.2 Å². The highest BCUT2D eigenvalue weighted by molar-refractivity contribution is 7.05. The number of benzene rings is 1. The van der Waals surface area contributed by atoms with Crippen molar-refractivity contribution in [2.45, 2.75) is 45.6 Å². The molecule has 0 aliphatic carbocycles. The second kappa shape index (κ2) is 6.62. The van der Waals surface area contributed by atoms with E-state index >= 15 is 0 Å². The van der Waals surface area contributed by atoms with Gasteiger partial charge in [-0.25, -0.2) is 4.39 Å². The van der Waals surface area contributed by atoms with Gasteiger partial charge in [-0.3, -0.25) is 0 Å². The molecule has 3 nitrogen and oxygen atoms in total. The number of nitrogens with zero attached hydrogens (tertiary/aromatic N) is 2. The molecule has 0 spiro atoms. The van der Waals surface area contributed by atoms with E-state index in [1.807, 2.05) is 12.1 Å². The van der Waals surface area contributed by atoms with Crippen LogP contribution in [0.4, 0.5) is 4.39 Å². The molecule has 0 aliphatic heterocycles. The van der Waals surface area contributed by atoms with Crippen LogP contribution in [0.1, 0.15) is 56.3 Å². The number of rotatable bonds is 5. The third-order valence-electron chi connectivity index (χ3n) is 3.30. The molecular formula is C16H22FN3S. The molecule has 1 unspecified atom stereocenters. The molecule has 0 saturated heterocycles. The molecule has 0 amide bonds. The number of aromatic nitrogens is 2. The van der Waals surface area contributed by atoms with Crippen LogP contribution in [-0.4, -0.2) is 16.1 Å². The summed E-state index contributed by atoms with van der Waals surface area (Å²) in [5.74, 6) is -0.195. The van der Waals surface area contributed by atoms with E-state index in [2.05, 4.69) is 42.6 Å². The minimum Gasteiger partial charge on any atom is -0.305 e. The van der Waals surface area contributed by atoms with Gasteiger partial charge in [-0.15, -0.1) is 5.10 Å². The summed E-state index contributed by atoms with van der Waals surface area (Å²) < 4.78 is 18.3. The quantitative estimate of drug-likeness (QED) is 0.905. The summed E-state index contributed by atoms with van der Waals surface area (Å²) >= 11 is 1.35. The highest BCUT2D eigenvalue weighted by Gasteiger charge is 2.29. The van der Waals surface area contributed by atoms with Crippen LogP contribution in [0.3, 0.4) is 0 Å². The van der Waals surface area contributed by atoms with Crippen molar-refractivity contribution in [2.24, 2.45) is 0 Å². The van der Waals surface area contributed by atoms with E-state index in [1.54, 1.807) is 6.07 Å². The SMILES string of the molecule is CCCNC(c1ccccc1F)c1snnc1C(C)(C)C. The first-order chi connectivity index (χ1) is 9.95. The summed E-state index contributed by atoms with van der Waals surface area (Å²) in [6.07, 6.45) is 0.988. The molecule has 0 radical (unpaired) electrons. The Bertz CT molecular complexity index is 589. The van der Waals surface area contributed by atoms with E-state index in [4.69, 9.17) is 0 Å². The van der Waals surface area contributed by atoms with E-state index in [9.17, 15) is 4.39 Å². The Morgan fingerprint density at radius 2 is 2.00 bits per heavy atom. The predicted octanol–water partition coefficient (Wildman–Crippen LogP) is 4.06. The normalized spacial score (nSPS) is 13.4. The Kier molecular flexibility index (Phi) is 5.06. The third kappa shape index (κ3) is 3.66. The van der Waals surface area contributed by atoms with Gasteiger partial charge in [0.15, 0.2) is 0 Å². The van der Waals surface area contributed by atoms with Crippen LogP contribution in [0.15, 0.2) is 24.3 Å². The summed E-state index contributed by atoms with van der Waals surface area (Å²) in [7, 11) is 0. The zero-order chi connectivity index (χ0) is 15.5. The van der Waals surface area contributed by atoms with Crippen LogP contribution >= 0.6 is 11.5 Å². The lowest BCUT2D eigenvalue weighted by molar-refractivity contribution is 0.521. The van der Waals surface area contributed by atoms with Gasteiger partial charge in [0.1, 0.15) is 5.82 Å². The molecule has 0 bridgehead atoms. The van der Waals surface area contributed by atoms with Crippen LogP contribution in [0.5, 0.6) is 0 Å². The Hall–Kier alpha value is -1.33. The Labute approximate surface area is 129 Å². The minimum absolute atomic E-state index is 0.111. The second-order valence-electron chi connectivity index (χ2n) is 6.14. The first kappa shape index (κ1) is 16.0. The molecule has 114 valence electrons. The summed E-state index contributed by atoms with van der Waals surface area (Å²) in [5.41, 5.74) is 1.48. The van der Waals surface area contributed by atoms with Gasteiger partial charge in [0.2, 0.25) is 0 Å². The molecule has 1 aromatic carbocycles. The molecule has 5 heteroatoms. The van der Waals surface area contributed by atoms with E-state index < -0.39 is 0 Å². The zero-order valence-corrected chi connectivity index (χ0v) is 13.8. The third-order valence-corrected chi connectivity index (χ3v) is 4.09. The highest BCUT2D eigenvalue weighted by atomic mass is 32.1. The topological polar surface area (TPSA) is 37.8 Å². The number of hydrogen-bond donors (Lipinski definition) is 1. The van der Waals surface area contributed by atoms with E-state index in [-0.39, 0.29) is 17.3 Å². The lowest BCUT2D eigenvalue weighted by Gasteiger charge is -2.23. The summed E-state index contributed by atoms with van der Waals surface area (Å²) in [5, 5.41) is 7.71. The molecule has 21 heavy (non-hydrogen) atoms. The fourth-order valence-electron chi connectivity index (χ4n) is 2.25. The number of halogens is 1. The van der Waals surface area contributed by atoms with E-state index in [0.717, 1.165) is 23.5 Å². The van der Waals surface area contributed by atoms with Crippen molar-refractivity contribution in [1.29, 1.82) is 0 Å². The summed E-state index contributed by atoms with van der Waals surface area (Å²) in [6.45, 7) is 9.23. The summed E-state index contributed by atoms with van der Waals surface area (Å²) in [6, 6.07) is 6.71. The molecule has 1 atom stereocenters. The van der Waals surface area contributed by atoms with Crippen molar-refractivity contribution < 1.29 is 4.39 Å². The first-order valence-corrected chi connectivity index (χ1v) is 8.03. The molecule has 1 N–H and O–H groups in total. The van der Waals surface area contributed by atoms with Gasteiger partial charge in [0.05, 0.1) is 16.6 Å². The predicted molar refractivity (Wildman–Crippen MR) is 85.1 cm³/mol. The molecule has 0 fully saturated rings. The molecule has 1 heterocycles. The van der Waals surface area contributed by atoms with Crippen molar-refractivity contribution in [2.75, 3.05) is 6.54 Å². The minimum atomic E-state index is -0.195. The monoisotopic (exact) mass is 307 g/mol. The lowest BCUT2D eigenvalue weighted by Crippen LogP contribution is -2.26. The lowest BCUT2D eigenvalue weighted by atomic mass is 9.88. The highest BCUT2D eigenvalue weighted by Crippen LogP contribution is 2.34. The van der Waals surface area contributed by atoms with Gasteiger partial charge in [-0.1, -0.05) is 50.4 Å². The Morgan fingerprint density at radius 3 is 2.62 bits per heavy atom. The average molecular weight is 307 g/mol. The fraction of sp³-hybridized carbons (Fsp3) is 0.500. The first-order valence-electron chi connectivity index (χ1n) is 7.25. The zero-order valence-electron chi connectivity index (χ0n) is 13.0. The van der Waals surface area contributed by atoms with Crippen LogP contribution in [-0.2, 0) is 5.41 Å². The van der Waals surface area contributed by atoms with Crippen molar-refractivity contribution in [1.82, 2.24) is 14.9 Å². The largest absolute Gasteiger partial charge is 0.305 e. The fourth-order valence-corrected chi connectivity index (χ4v) is 3.21. The second-order valence-corrected chi connectivity index (χ2v) is 6.93. The van der Waals surface area contributed by atoms with Gasteiger partial charge < -0.3 is 5.32 Å². The van der Waals surface area contributed by atoms with Gasteiger partial charge in [-0.05, 0) is 30.6 Å². The van der Waals surface area contributed by atoms with Crippen molar-refractivity contribution >= 4 is 11.5 Å². The molecule has 2 rings (SSSR count). The number of hydrogen-bond acceptors (Lipinski definition) is 4. The maximum Gasteiger partial charge on any atom is 0.128 e. The van der Waals surface area contributed by atoms with Crippen LogP contribution in [0, 0.1) is 5.82 Å². The van der Waals surface area contributed by atoms with Gasteiger partial charge >= 0.3 is 0 Å². The average Bonchev–Trinajstić information content (AvgIpc) is 2.90. The maximum atomic E-state index is 14.2. The van der Waals surface area contributed by atoms with Crippen LogP contribution in [0.25, 0.3) is 0 Å². The van der Waals surface area contributed by atoms with Crippen LogP contribution in [0.2, 0.25) is 0 Å². The Morgan fingerprint density at radius 1 is 1.29 bits per heavy atom. The van der Waals surface area contributed by atoms with Gasteiger partial charge in [-0.2, -0.15) is 0 Å². The Balaban J connectivity index is 2.47.